The average molecular weight is 302 g/mol. The fourth-order valence-corrected chi connectivity index (χ4v) is 3.92. The summed E-state index contributed by atoms with van der Waals surface area (Å²) in [5.41, 5.74) is -4.43. The van der Waals surface area contributed by atoms with E-state index in [9.17, 15) is 4.79 Å². The Hall–Kier alpha value is -1.51. The Morgan fingerprint density at radius 2 is 1.18 bits per heavy atom. The van der Waals surface area contributed by atoms with Crippen molar-refractivity contribution in [3.8, 4) is 0 Å². The number of hydrogen-bond acceptors (Lipinski definition) is 1. The summed E-state index contributed by atoms with van der Waals surface area (Å²) in [5, 5.41) is 0. The predicted molar refractivity (Wildman–Crippen MR) is 81.7 cm³/mol. The van der Waals surface area contributed by atoms with Gasteiger partial charge in [-0.15, -0.1) is 0 Å². The lowest BCUT2D eigenvalue weighted by molar-refractivity contribution is -0.142. The Morgan fingerprint density at radius 1 is 0.773 bits per heavy atom. The minimum Gasteiger partial charge on any atom is -0.292 e. The third kappa shape index (κ3) is 2.05. The van der Waals surface area contributed by atoms with Crippen molar-refractivity contribution < 1.29 is 13.6 Å². The molecule has 0 N–H and O–H groups in total. The Balaban J connectivity index is 1.69. The topological polar surface area (TPSA) is 17.1 Å². The number of carbonyl (C=O) groups excluding carboxylic acids is 1. The van der Waals surface area contributed by atoms with Crippen LogP contribution in [0.3, 0.4) is 0 Å². The van der Waals surface area contributed by atoms with Crippen molar-refractivity contribution in [2.24, 2.45) is 23.7 Å². The second-order valence-electron chi connectivity index (χ2n) is 7.08. The highest BCUT2D eigenvalue weighted by Gasteiger charge is 2.60. The van der Waals surface area contributed by atoms with Crippen LogP contribution in [0, 0.1) is 23.7 Å². The van der Waals surface area contributed by atoms with E-state index in [2.05, 4.69) is 0 Å². The van der Waals surface area contributed by atoms with Crippen molar-refractivity contribution in [1.82, 2.24) is 0 Å². The molecule has 4 aliphatic carbocycles. The van der Waals surface area contributed by atoms with Gasteiger partial charge in [0.25, 0.3) is 0 Å². The maximum Gasteiger partial charge on any atom is 0.216 e. The van der Waals surface area contributed by atoms with E-state index in [1.165, 1.54) is 24.3 Å². The molecule has 0 aromatic carbocycles. The van der Waals surface area contributed by atoms with Gasteiger partial charge in [0.15, 0.2) is 11.3 Å². The molecular formula is C19H20F2O. The molecule has 0 bridgehead atoms. The zero-order chi connectivity index (χ0) is 15.4. The highest BCUT2D eigenvalue weighted by molar-refractivity contribution is 5.99. The van der Waals surface area contributed by atoms with Crippen LogP contribution in [0.15, 0.2) is 48.6 Å². The van der Waals surface area contributed by atoms with Crippen LogP contribution in [0.4, 0.5) is 8.78 Å². The summed E-state index contributed by atoms with van der Waals surface area (Å²) < 4.78 is 31.2. The first-order valence-corrected chi connectivity index (χ1v) is 8.20. The smallest absolute Gasteiger partial charge is 0.216 e. The second kappa shape index (κ2) is 4.74. The molecule has 4 rings (SSSR count). The molecule has 0 spiro atoms. The third-order valence-corrected chi connectivity index (χ3v) is 5.46. The maximum atomic E-state index is 15.6. The minimum absolute atomic E-state index is 0.168. The van der Waals surface area contributed by atoms with Gasteiger partial charge in [-0.1, -0.05) is 36.5 Å². The SMILES string of the molecule is O=C(C1(F)C=CC=CC1C1CC1)C1(F)C=CC=CC1C1CC1. The highest BCUT2D eigenvalue weighted by Crippen LogP contribution is 2.52. The van der Waals surface area contributed by atoms with Gasteiger partial charge in [-0.25, -0.2) is 8.78 Å². The van der Waals surface area contributed by atoms with Gasteiger partial charge in [-0.2, -0.15) is 0 Å². The van der Waals surface area contributed by atoms with Crippen LogP contribution in [0.25, 0.3) is 0 Å². The van der Waals surface area contributed by atoms with E-state index in [1.807, 2.05) is 0 Å². The lowest BCUT2D eigenvalue weighted by Crippen LogP contribution is -2.54. The number of hydrogen-bond donors (Lipinski definition) is 0. The first kappa shape index (κ1) is 14.1. The monoisotopic (exact) mass is 302 g/mol. The number of allylic oxidation sites excluding steroid dienone is 8. The highest BCUT2D eigenvalue weighted by atomic mass is 19.2. The van der Waals surface area contributed by atoms with Gasteiger partial charge < -0.3 is 0 Å². The van der Waals surface area contributed by atoms with Crippen LogP contribution in [0.2, 0.25) is 0 Å². The molecule has 22 heavy (non-hydrogen) atoms. The first-order chi connectivity index (χ1) is 10.6. The molecule has 0 aliphatic heterocycles. The molecule has 0 heterocycles. The van der Waals surface area contributed by atoms with Crippen molar-refractivity contribution in [2.45, 2.75) is 37.0 Å². The summed E-state index contributed by atoms with van der Waals surface area (Å²) >= 11 is 0. The molecule has 4 atom stereocenters. The molecule has 4 unspecified atom stereocenters. The Kier molecular flexibility index (Phi) is 3.04. The summed E-state index contributed by atoms with van der Waals surface area (Å²) in [6.07, 6.45) is 16.3. The van der Waals surface area contributed by atoms with Gasteiger partial charge in [-0.3, -0.25) is 4.79 Å². The number of carbonyl (C=O) groups is 1. The van der Waals surface area contributed by atoms with Gasteiger partial charge in [0.2, 0.25) is 5.78 Å². The summed E-state index contributed by atoms with van der Waals surface area (Å²) in [6, 6.07) is 0. The molecule has 116 valence electrons. The molecule has 0 aromatic rings. The van der Waals surface area contributed by atoms with E-state index in [4.69, 9.17) is 0 Å². The zero-order valence-corrected chi connectivity index (χ0v) is 12.4. The lowest BCUT2D eigenvalue weighted by Gasteiger charge is -2.38. The standard InChI is InChI=1S/C19H20F2O/c20-18(11-3-1-5-15(18)13-7-8-13)17(22)19(21)12-4-2-6-16(19)14-9-10-14/h1-6,11-16H,7-10H2. The zero-order valence-electron chi connectivity index (χ0n) is 12.4. The number of halogens is 2. The molecule has 0 amide bonds. The number of Topliss-reactive ketones (excluding diaryl/α,β-unsaturated/α-hetero) is 1. The van der Waals surface area contributed by atoms with Crippen molar-refractivity contribution in [3.63, 3.8) is 0 Å². The molecule has 2 saturated carbocycles. The summed E-state index contributed by atoms with van der Waals surface area (Å²) in [5.74, 6) is -1.61. The molecular weight excluding hydrogens is 282 g/mol. The van der Waals surface area contributed by atoms with Gasteiger partial charge >= 0.3 is 0 Å². The summed E-state index contributed by atoms with van der Waals surface area (Å²) in [4.78, 5) is 13.0. The van der Waals surface area contributed by atoms with E-state index in [1.54, 1.807) is 24.3 Å². The molecule has 4 aliphatic rings. The molecule has 2 fully saturated rings. The third-order valence-electron chi connectivity index (χ3n) is 5.46. The van der Waals surface area contributed by atoms with Crippen LogP contribution in [0.5, 0.6) is 0 Å². The van der Waals surface area contributed by atoms with E-state index in [-0.39, 0.29) is 11.8 Å². The van der Waals surface area contributed by atoms with Gasteiger partial charge in [-0.05, 0) is 49.7 Å². The minimum atomic E-state index is -2.21. The van der Waals surface area contributed by atoms with Crippen molar-refractivity contribution >= 4 is 5.78 Å². The molecule has 0 saturated heterocycles. The van der Waals surface area contributed by atoms with Crippen LogP contribution < -0.4 is 0 Å². The normalized spacial score (nSPS) is 43.5. The summed E-state index contributed by atoms with van der Waals surface area (Å²) in [7, 11) is 0. The molecule has 3 heteroatoms. The maximum absolute atomic E-state index is 15.6. The van der Waals surface area contributed by atoms with E-state index < -0.39 is 29.0 Å². The van der Waals surface area contributed by atoms with Crippen LogP contribution in [-0.4, -0.2) is 17.1 Å². The lowest BCUT2D eigenvalue weighted by atomic mass is 9.69. The Morgan fingerprint density at radius 3 is 1.55 bits per heavy atom. The Labute approximate surface area is 129 Å². The van der Waals surface area contributed by atoms with Gasteiger partial charge in [0, 0.05) is 11.8 Å². The molecule has 0 radical (unpaired) electrons. The largest absolute Gasteiger partial charge is 0.292 e. The fraction of sp³-hybridized carbons (Fsp3) is 0.526. The number of rotatable bonds is 4. The first-order valence-electron chi connectivity index (χ1n) is 8.20. The van der Waals surface area contributed by atoms with Crippen molar-refractivity contribution in [3.05, 3.63) is 48.6 Å². The number of ketones is 1. The summed E-state index contributed by atoms with van der Waals surface area (Å²) in [6.45, 7) is 0. The van der Waals surface area contributed by atoms with Gasteiger partial charge in [0.1, 0.15) is 0 Å². The number of alkyl halides is 2. The van der Waals surface area contributed by atoms with Crippen molar-refractivity contribution in [2.75, 3.05) is 0 Å². The predicted octanol–water partition coefficient (Wildman–Crippen LogP) is 4.28. The molecule has 0 aromatic heterocycles. The van der Waals surface area contributed by atoms with E-state index in [0.29, 0.717) is 0 Å². The van der Waals surface area contributed by atoms with Crippen molar-refractivity contribution in [1.29, 1.82) is 0 Å². The second-order valence-corrected chi connectivity index (χ2v) is 7.08. The van der Waals surface area contributed by atoms with Crippen LogP contribution >= 0.6 is 0 Å². The quantitative estimate of drug-likeness (QED) is 0.757. The van der Waals surface area contributed by atoms with Crippen LogP contribution in [0.1, 0.15) is 25.7 Å². The fourth-order valence-electron chi connectivity index (χ4n) is 3.92. The van der Waals surface area contributed by atoms with Crippen LogP contribution in [-0.2, 0) is 4.79 Å². The molecule has 1 nitrogen and oxygen atoms in total. The van der Waals surface area contributed by atoms with E-state index in [0.717, 1.165) is 25.7 Å². The average Bonchev–Trinajstić information content (AvgIpc) is 3.39. The van der Waals surface area contributed by atoms with E-state index >= 15 is 8.78 Å². The Bertz CT molecular complexity index is 557. The van der Waals surface area contributed by atoms with Gasteiger partial charge in [0.05, 0.1) is 0 Å².